The topological polar surface area (TPSA) is 37.4 Å². The number of hydrogen-bond donors (Lipinski definition) is 0. The van der Waals surface area contributed by atoms with E-state index in [1.807, 2.05) is 36.4 Å². The van der Waals surface area contributed by atoms with Gasteiger partial charge in [-0.3, -0.25) is 14.5 Å². The Bertz CT molecular complexity index is 775. The van der Waals surface area contributed by atoms with Crippen LogP contribution in [0.4, 0.5) is 0 Å². The van der Waals surface area contributed by atoms with Crippen molar-refractivity contribution in [1.82, 2.24) is 4.90 Å². The summed E-state index contributed by atoms with van der Waals surface area (Å²) < 4.78 is 0. The number of hydrogen-bond acceptors (Lipinski definition) is 2. The van der Waals surface area contributed by atoms with Gasteiger partial charge in [0.05, 0.1) is 0 Å². The fourth-order valence-electron chi connectivity index (χ4n) is 4.88. The Labute approximate surface area is 128 Å². The molecule has 0 unspecified atom stereocenters. The van der Waals surface area contributed by atoms with Crippen LogP contribution in [0.3, 0.4) is 0 Å². The third-order valence-corrected chi connectivity index (χ3v) is 5.84. The monoisotopic (exact) mass is 291 g/mol. The largest absolute Gasteiger partial charge is 0.271 e. The Kier molecular flexibility index (Phi) is 2.36. The van der Waals surface area contributed by atoms with Crippen molar-refractivity contribution in [2.45, 2.75) is 31.7 Å². The molecule has 1 heterocycles. The SMILES string of the molecule is O=C1c2cccc3cccc(c23)C(=O)N1[C@H]1C[C@@H]2CC[C@@H]1C2. The molecule has 2 saturated carbocycles. The van der Waals surface area contributed by atoms with Gasteiger partial charge in [-0.15, -0.1) is 0 Å². The van der Waals surface area contributed by atoms with Crippen LogP contribution >= 0.6 is 0 Å². The lowest BCUT2D eigenvalue weighted by molar-refractivity contribution is 0.0484. The van der Waals surface area contributed by atoms with E-state index >= 15 is 0 Å². The molecule has 1 aliphatic heterocycles. The van der Waals surface area contributed by atoms with Crippen molar-refractivity contribution >= 4 is 22.6 Å². The molecule has 0 N–H and O–H groups in total. The molecule has 3 nitrogen and oxygen atoms in total. The summed E-state index contributed by atoms with van der Waals surface area (Å²) in [5.41, 5.74) is 1.38. The van der Waals surface area contributed by atoms with Crippen molar-refractivity contribution in [3.05, 3.63) is 47.5 Å². The van der Waals surface area contributed by atoms with Crippen LogP contribution < -0.4 is 0 Å². The number of imide groups is 1. The van der Waals surface area contributed by atoms with Crippen LogP contribution in [-0.4, -0.2) is 22.8 Å². The highest BCUT2D eigenvalue weighted by Crippen LogP contribution is 2.48. The van der Waals surface area contributed by atoms with Crippen molar-refractivity contribution in [2.75, 3.05) is 0 Å². The highest BCUT2D eigenvalue weighted by molar-refractivity contribution is 6.25. The van der Waals surface area contributed by atoms with Gasteiger partial charge >= 0.3 is 0 Å². The van der Waals surface area contributed by atoms with E-state index in [1.54, 1.807) is 4.90 Å². The maximum Gasteiger partial charge on any atom is 0.261 e. The van der Waals surface area contributed by atoms with Gasteiger partial charge in [-0.05, 0) is 48.6 Å². The molecule has 3 aliphatic rings. The molecule has 2 amide bonds. The molecule has 2 aromatic rings. The molecule has 5 rings (SSSR count). The van der Waals surface area contributed by atoms with Crippen LogP contribution in [0.2, 0.25) is 0 Å². The zero-order valence-electron chi connectivity index (χ0n) is 12.3. The van der Waals surface area contributed by atoms with E-state index in [2.05, 4.69) is 0 Å². The number of carbonyl (C=O) groups is 2. The van der Waals surface area contributed by atoms with Crippen molar-refractivity contribution in [1.29, 1.82) is 0 Å². The predicted molar refractivity (Wildman–Crippen MR) is 83.7 cm³/mol. The molecule has 110 valence electrons. The van der Waals surface area contributed by atoms with E-state index in [0.717, 1.165) is 23.6 Å². The zero-order chi connectivity index (χ0) is 14.8. The van der Waals surface area contributed by atoms with E-state index in [-0.39, 0.29) is 17.9 Å². The molecule has 2 bridgehead atoms. The Morgan fingerprint density at radius 1 is 0.864 bits per heavy atom. The minimum Gasteiger partial charge on any atom is -0.271 e. The van der Waals surface area contributed by atoms with E-state index < -0.39 is 0 Å². The van der Waals surface area contributed by atoms with Gasteiger partial charge in [0.15, 0.2) is 0 Å². The van der Waals surface area contributed by atoms with E-state index in [4.69, 9.17) is 0 Å². The summed E-state index contributed by atoms with van der Waals surface area (Å²) in [6, 6.07) is 11.6. The van der Waals surface area contributed by atoms with Gasteiger partial charge in [-0.25, -0.2) is 0 Å². The molecule has 0 saturated heterocycles. The van der Waals surface area contributed by atoms with Crippen LogP contribution in [0.5, 0.6) is 0 Å². The van der Waals surface area contributed by atoms with Crippen LogP contribution in [0.15, 0.2) is 36.4 Å². The highest BCUT2D eigenvalue weighted by atomic mass is 16.2. The summed E-state index contributed by atoms with van der Waals surface area (Å²) in [5, 5.41) is 1.81. The number of nitrogens with zero attached hydrogens (tertiary/aromatic N) is 1. The number of benzene rings is 2. The van der Waals surface area contributed by atoms with E-state index in [0.29, 0.717) is 23.0 Å². The number of rotatable bonds is 1. The fraction of sp³-hybridized carbons (Fsp3) is 0.368. The van der Waals surface area contributed by atoms with Gasteiger partial charge in [0.1, 0.15) is 0 Å². The maximum absolute atomic E-state index is 13.0. The van der Waals surface area contributed by atoms with Gasteiger partial charge in [0, 0.05) is 22.6 Å². The lowest BCUT2D eigenvalue weighted by Crippen LogP contribution is -2.49. The number of fused-ring (bicyclic) bond motifs is 2. The van der Waals surface area contributed by atoms with E-state index in [1.165, 1.54) is 12.8 Å². The first-order valence-corrected chi connectivity index (χ1v) is 8.13. The molecule has 22 heavy (non-hydrogen) atoms. The molecule has 2 aromatic carbocycles. The molecule has 0 spiro atoms. The van der Waals surface area contributed by atoms with Crippen molar-refractivity contribution in [2.24, 2.45) is 11.8 Å². The molecular weight excluding hydrogens is 274 g/mol. The van der Waals surface area contributed by atoms with Gasteiger partial charge in [0.2, 0.25) is 0 Å². The van der Waals surface area contributed by atoms with Gasteiger partial charge < -0.3 is 0 Å². The summed E-state index contributed by atoms with van der Waals surface area (Å²) in [6.45, 7) is 0. The first-order chi connectivity index (χ1) is 10.7. The van der Waals surface area contributed by atoms with Crippen molar-refractivity contribution in [3.8, 4) is 0 Å². The average Bonchev–Trinajstić information content (AvgIpc) is 3.16. The van der Waals surface area contributed by atoms with Crippen LogP contribution in [0.25, 0.3) is 10.8 Å². The number of amides is 2. The van der Waals surface area contributed by atoms with E-state index in [9.17, 15) is 9.59 Å². The number of carbonyl (C=O) groups excluding carboxylic acids is 2. The fourth-order valence-corrected chi connectivity index (χ4v) is 4.88. The quantitative estimate of drug-likeness (QED) is 0.752. The van der Waals surface area contributed by atoms with Gasteiger partial charge in [0.25, 0.3) is 11.8 Å². The summed E-state index contributed by atoms with van der Waals surface area (Å²) >= 11 is 0. The molecule has 0 radical (unpaired) electrons. The van der Waals surface area contributed by atoms with Crippen LogP contribution in [0, 0.1) is 11.8 Å². The molecule has 2 fully saturated rings. The first-order valence-electron chi connectivity index (χ1n) is 8.13. The van der Waals surface area contributed by atoms with Crippen molar-refractivity contribution in [3.63, 3.8) is 0 Å². The third kappa shape index (κ3) is 1.46. The van der Waals surface area contributed by atoms with Crippen molar-refractivity contribution < 1.29 is 9.59 Å². The molecule has 3 atom stereocenters. The van der Waals surface area contributed by atoms with Gasteiger partial charge in [-0.1, -0.05) is 30.7 Å². The summed E-state index contributed by atoms with van der Waals surface area (Å²) in [4.78, 5) is 27.5. The smallest absolute Gasteiger partial charge is 0.261 e. The molecule has 0 aromatic heterocycles. The first kappa shape index (κ1) is 12.4. The summed E-state index contributed by atoms with van der Waals surface area (Å²) in [5.74, 6) is 1.05. The standard InChI is InChI=1S/C19H17NO2/c21-18-14-5-1-3-12-4-2-6-15(17(12)14)19(22)20(18)16-10-11-7-8-13(16)9-11/h1-6,11,13,16H,7-10H2/t11-,13-,16+/m1/s1. The summed E-state index contributed by atoms with van der Waals surface area (Å²) in [7, 11) is 0. The van der Waals surface area contributed by atoms with Crippen LogP contribution in [-0.2, 0) is 0 Å². The Morgan fingerprint density at radius 2 is 1.55 bits per heavy atom. The minimum absolute atomic E-state index is 0.0909. The zero-order valence-corrected chi connectivity index (χ0v) is 12.3. The van der Waals surface area contributed by atoms with Crippen LogP contribution in [0.1, 0.15) is 46.4 Å². The lowest BCUT2D eigenvalue weighted by Gasteiger charge is -2.36. The second kappa shape index (κ2) is 4.19. The second-order valence-electron chi connectivity index (χ2n) is 6.93. The lowest BCUT2D eigenvalue weighted by atomic mass is 9.89. The predicted octanol–water partition coefficient (Wildman–Crippen LogP) is 3.62. The van der Waals surface area contributed by atoms with Gasteiger partial charge in [-0.2, -0.15) is 0 Å². The Balaban J connectivity index is 1.69. The maximum atomic E-state index is 13.0. The molecule has 2 aliphatic carbocycles. The third-order valence-electron chi connectivity index (χ3n) is 5.84. The highest BCUT2D eigenvalue weighted by Gasteiger charge is 2.47. The molecular formula is C19H17NO2. The average molecular weight is 291 g/mol. The molecule has 3 heteroatoms. The Hall–Kier alpha value is -2.16. The summed E-state index contributed by atoms with van der Waals surface area (Å²) in [6.07, 6.45) is 4.62. The minimum atomic E-state index is -0.0909. The Morgan fingerprint density at radius 3 is 2.09 bits per heavy atom. The second-order valence-corrected chi connectivity index (χ2v) is 6.93. The normalized spacial score (nSPS) is 29.6.